The lowest BCUT2D eigenvalue weighted by Gasteiger charge is -2.31. The molecule has 1 aliphatic heterocycles. The van der Waals surface area contributed by atoms with Crippen LogP contribution in [0.15, 0.2) is 54.6 Å². The van der Waals surface area contributed by atoms with Crippen LogP contribution in [0.4, 0.5) is 11.4 Å². The monoisotopic (exact) mass is 367 g/mol. The summed E-state index contributed by atoms with van der Waals surface area (Å²) in [6.45, 7) is 0.755. The lowest BCUT2D eigenvalue weighted by molar-refractivity contribution is -0.384. The molecule has 1 aliphatic rings. The first kappa shape index (κ1) is 17.8. The van der Waals surface area contributed by atoms with E-state index in [-0.39, 0.29) is 11.6 Å². The standard InChI is InChI=1S/C19H17N3O3S/c23-18(11-10-14-5-3-8-16(13-14)22(24)25)20-19(26)21-12-4-7-15-6-1-2-9-17(15)21/h1-3,5-6,8-11,13H,4,7,12H2,(H,20,23,26)/b11-10+. The van der Waals surface area contributed by atoms with E-state index in [4.69, 9.17) is 12.2 Å². The predicted molar refractivity (Wildman–Crippen MR) is 105 cm³/mol. The van der Waals surface area contributed by atoms with Crippen LogP contribution in [0, 0.1) is 10.1 Å². The maximum Gasteiger partial charge on any atom is 0.270 e. The van der Waals surface area contributed by atoms with Gasteiger partial charge in [-0.1, -0.05) is 30.3 Å². The smallest absolute Gasteiger partial charge is 0.270 e. The Morgan fingerprint density at radius 3 is 2.85 bits per heavy atom. The molecule has 0 bridgehead atoms. The summed E-state index contributed by atoms with van der Waals surface area (Å²) in [5.41, 5.74) is 2.78. The van der Waals surface area contributed by atoms with Crippen LogP contribution < -0.4 is 10.2 Å². The Hall–Kier alpha value is -3.06. The molecule has 2 aromatic rings. The summed E-state index contributed by atoms with van der Waals surface area (Å²) < 4.78 is 0. The number of fused-ring (bicyclic) bond motifs is 1. The van der Waals surface area contributed by atoms with Gasteiger partial charge in [-0.05, 0) is 48.3 Å². The predicted octanol–water partition coefficient (Wildman–Crippen LogP) is 3.46. The third-order valence-electron chi connectivity index (χ3n) is 4.09. The van der Waals surface area contributed by atoms with Gasteiger partial charge < -0.3 is 4.90 Å². The number of para-hydroxylation sites is 1. The van der Waals surface area contributed by atoms with Gasteiger partial charge >= 0.3 is 0 Å². The Bertz CT molecular complexity index is 895. The molecule has 3 rings (SSSR count). The normalized spacial score (nSPS) is 13.3. The molecule has 0 unspecified atom stereocenters. The van der Waals surface area contributed by atoms with E-state index < -0.39 is 4.92 Å². The average Bonchev–Trinajstić information content (AvgIpc) is 2.66. The molecule has 7 heteroatoms. The fraction of sp³-hybridized carbons (Fsp3) is 0.158. The number of nitrogens with one attached hydrogen (secondary N) is 1. The van der Waals surface area contributed by atoms with Crippen LogP contribution in [0.5, 0.6) is 0 Å². The van der Waals surface area contributed by atoms with Gasteiger partial charge in [-0.25, -0.2) is 0 Å². The largest absolute Gasteiger partial charge is 0.318 e. The first-order valence-corrected chi connectivity index (χ1v) is 8.58. The van der Waals surface area contributed by atoms with Crippen molar-refractivity contribution in [1.82, 2.24) is 5.32 Å². The molecule has 132 valence electrons. The number of aryl methyl sites for hydroxylation is 1. The van der Waals surface area contributed by atoms with Crippen LogP contribution in [0.1, 0.15) is 17.5 Å². The Labute approximate surface area is 156 Å². The van der Waals surface area contributed by atoms with Crippen molar-refractivity contribution in [2.75, 3.05) is 11.4 Å². The number of anilines is 1. The fourth-order valence-corrected chi connectivity index (χ4v) is 3.16. The number of thiocarbonyl (C=S) groups is 1. The number of hydrogen-bond donors (Lipinski definition) is 1. The molecule has 0 saturated carbocycles. The summed E-state index contributed by atoms with van der Waals surface area (Å²) in [6.07, 6.45) is 4.81. The van der Waals surface area contributed by atoms with E-state index >= 15 is 0 Å². The number of nitro groups is 1. The van der Waals surface area contributed by atoms with Gasteiger partial charge in [0.2, 0.25) is 5.91 Å². The molecule has 0 saturated heterocycles. The average molecular weight is 367 g/mol. The van der Waals surface area contributed by atoms with Gasteiger partial charge in [0.1, 0.15) is 0 Å². The molecule has 0 spiro atoms. The molecule has 26 heavy (non-hydrogen) atoms. The zero-order valence-corrected chi connectivity index (χ0v) is 14.7. The van der Waals surface area contributed by atoms with E-state index in [9.17, 15) is 14.9 Å². The van der Waals surface area contributed by atoms with Crippen LogP contribution in [0.3, 0.4) is 0 Å². The first-order chi connectivity index (χ1) is 12.5. The van der Waals surface area contributed by atoms with E-state index in [1.165, 1.54) is 29.8 Å². The number of carbonyl (C=O) groups excluding carboxylic acids is 1. The van der Waals surface area contributed by atoms with E-state index in [1.54, 1.807) is 12.1 Å². The number of carbonyl (C=O) groups is 1. The maximum absolute atomic E-state index is 12.2. The minimum absolute atomic E-state index is 0.0204. The summed E-state index contributed by atoms with van der Waals surface area (Å²) >= 11 is 5.38. The minimum atomic E-state index is -0.472. The van der Waals surface area contributed by atoms with Crippen LogP contribution in [-0.2, 0) is 11.2 Å². The molecule has 2 aromatic carbocycles. The number of nitrogens with zero attached hydrogens (tertiary/aromatic N) is 2. The number of benzene rings is 2. The molecule has 0 atom stereocenters. The van der Waals surface area contributed by atoms with Gasteiger partial charge in [0.25, 0.3) is 5.69 Å². The lowest BCUT2D eigenvalue weighted by Crippen LogP contribution is -2.44. The molecular formula is C19H17N3O3S. The van der Waals surface area contributed by atoms with Crippen LogP contribution >= 0.6 is 12.2 Å². The van der Waals surface area contributed by atoms with Crippen molar-refractivity contribution in [2.24, 2.45) is 0 Å². The molecule has 1 amide bonds. The van der Waals surface area contributed by atoms with E-state index in [0.29, 0.717) is 10.7 Å². The highest BCUT2D eigenvalue weighted by Gasteiger charge is 2.20. The highest BCUT2D eigenvalue weighted by Crippen LogP contribution is 2.26. The van der Waals surface area contributed by atoms with Crippen molar-refractivity contribution < 1.29 is 9.72 Å². The summed E-state index contributed by atoms with van der Waals surface area (Å²) in [4.78, 5) is 24.4. The van der Waals surface area contributed by atoms with E-state index in [1.807, 2.05) is 23.1 Å². The van der Waals surface area contributed by atoms with Gasteiger partial charge in [-0.2, -0.15) is 0 Å². The lowest BCUT2D eigenvalue weighted by atomic mass is 10.0. The number of amides is 1. The molecule has 6 nitrogen and oxygen atoms in total. The number of nitro benzene ring substituents is 1. The van der Waals surface area contributed by atoms with Gasteiger partial charge in [-0.15, -0.1) is 0 Å². The molecule has 1 heterocycles. The topological polar surface area (TPSA) is 75.5 Å². The quantitative estimate of drug-likeness (QED) is 0.389. The van der Waals surface area contributed by atoms with Crippen LogP contribution in [-0.4, -0.2) is 22.5 Å². The third-order valence-corrected chi connectivity index (χ3v) is 4.42. The molecular weight excluding hydrogens is 350 g/mol. The highest BCUT2D eigenvalue weighted by atomic mass is 32.1. The molecule has 0 radical (unpaired) electrons. The molecule has 0 aromatic heterocycles. The van der Waals surface area contributed by atoms with Gasteiger partial charge in [0.15, 0.2) is 5.11 Å². The van der Waals surface area contributed by atoms with Crippen LogP contribution in [0.25, 0.3) is 6.08 Å². The zero-order valence-electron chi connectivity index (χ0n) is 13.9. The van der Waals surface area contributed by atoms with Gasteiger partial charge in [0, 0.05) is 30.4 Å². The fourth-order valence-electron chi connectivity index (χ4n) is 2.87. The number of non-ortho nitro benzene ring substituents is 1. The second kappa shape index (κ2) is 7.88. The number of hydrogen-bond acceptors (Lipinski definition) is 4. The second-order valence-electron chi connectivity index (χ2n) is 5.86. The van der Waals surface area contributed by atoms with Crippen molar-refractivity contribution >= 4 is 40.7 Å². The molecule has 0 fully saturated rings. The first-order valence-electron chi connectivity index (χ1n) is 8.17. The van der Waals surface area contributed by atoms with Crippen molar-refractivity contribution in [1.29, 1.82) is 0 Å². The summed E-state index contributed by atoms with van der Waals surface area (Å²) in [5, 5.41) is 13.8. The Morgan fingerprint density at radius 1 is 1.23 bits per heavy atom. The second-order valence-corrected chi connectivity index (χ2v) is 6.25. The Balaban J connectivity index is 1.66. The van der Waals surface area contributed by atoms with Crippen molar-refractivity contribution in [2.45, 2.75) is 12.8 Å². The number of rotatable bonds is 3. The summed E-state index contributed by atoms with van der Waals surface area (Å²) in [7, 11) is 0. The van der Waals surface area contributed by atoms with E-state index in [2.05, 4.69) is 11.4 Å². The molecule has 0 aliphatic carbocycles. The molecule has 1 N–H and O–H groups in total. The SMILES string of the molecule is O=C(/C=C/c1cccc([N+](=O)[O-])c1)NC(=S)N1CCCc2ccccc21. The highest BCUT2D eigenvalue weighted by molar-refractivity contribution is 7.80. The van der Waals surface area contributed by atoms with E-state index in [0.717, 1.165) is 25.1 Å². The summed E-state index contributed by atoms with van der Waals surface area (Å²) in [6, 6.07) is 14.1. The van der Waals surface area contributed by atoms with Crippen molar-refractivity contribution in [3.05, 3.63) is 75.8 Å². The Morgan fingerprint density at radius 2 is 2.04 bits per heavy atom. The van der Waals surface area contributed by atoms with Crippen molar-refractivity contribution in [3.8, 4) is 0 Å². The minimum Gasteiger partial charge on any atom is -0.318 e. The van der Waals surface area contributed by atoms with Gasteiger partial charge in [0.05, 0.1) is 4.92 Å². The van der Waals surface area contributed by atoms with Crippen LogP contribution in [0.2, 0.25) is 0 Å². The Kier molecular flexibility index (Phi) is 5.38. The summed E-state index contributed by atoms with van der Waals surface area (Å²) in [5.74, 6) is -0.371. The third kappa shape index (κ3) is 4.12. The maximum atomic E-state index is 12.2. The zero-order chi connectivity index (χ0) is 18.5. The van der Waals surface area contributed by atoms with Gasteiger partial charge in [-0.3, -0.25) is 20.2 Å². The van der Waals surface area contributed by atoms with Crippen molar-refractivity contribution in [3.63, 3.8) is 0 Å².